The number of hydrogen-bond acceptors (Lipinski definition) is 2. The van der Waals surface area contributed by atoms with Gasteiger partial charge in [-0.2, -0.15) is 0 Å². The molecule has 1 atom stereocenters. The molecule has 1 saturated heterocycles. The number of rotatable bonds is 2. The van der Waals surface area contributed by atoms with Crippen molar-refractivity contribution in [2.75, 3.05) is 18.4 Å². The highest BCUT2D eigenvalue weighted by Gasteiger charge is 2.25. The van der Waals surface area contributed by atoms with Crippen LogP contribution >= 0.6 is 12.2 Å². The average molecular weight is 354 g/mol. The fraction of sp³-hybridized carbons (Fsp3) is 0.263. The third-order valence-electron chi connectivity index (χ3n) is 4.60. The van der Waals surface area contributed by atoms with Gasteiger partial charge in [0.1, 0.15) is 11.6 Å². The maximum Gasteiger partial charge on any atom is 0.173 e. The molecule has 0 amide bonds. The van der Waals surface area contributed by atoms with E-state index in [4.69, 9.17) is 17.2 Å². The van der Waals surface area contributed by atoms with Crippen molar-refractivity contribution in [3.05, 3.63) is 60.2 Å². The lowest BCUT2D eigenvalue weighted by Crippen LogP contribution is -2.41. The molecule has 0 spiro atoms. The minimum absolute atomic E-state index is 0.251. The van der Waals surface area contributed by atoms with Crippen molar-refractivity contribution in [2.45, 2.75) is 18.8 Å². The molecule has 4 rings (SSSR count). The Morgan fingerprint density at radius 1 is 1.20 bits per heavy atom. The normalized spacial score (nSPS) is 17.6. The predicted octanol–water partition coefficient (Wildman–Crippen LogP) is 4.28. The van der Waals surface area contributed by atoms with Crippen LogP contribution in [0.25, 0.3) is 11.0 Å². The second-order valence-electron chi connectivity index (χ2n) is 6.36. The van der Waals surface area contributed by atoms with E-state index >= 15 is 0 Å². The number of thiocarbonyl (C=S) groups is 1. The second-order valence-corrected chi connectivity index (χ2v) is 6.75. The smallest absolute Gasteiger partial charge is 0.173 e. The van der Waals surface area contributed by atoms with Gasteiger partial charge in [0.15, 0.2) is 5.11 Å². The molecule has 128 valence electrons. The zero-order chi connectivity index (χ0) is 17.2. The summed E-state index contributed by atoms with van der Waals surface area (Å²) in [5, 5.41) is 3.87. The number of imidazole rings is 1. The number of anilines is 1. The van der Waals surface area contributed by atoms with Crippen LogP contribution in [0.3, 0.4) is 0 Å². The summed E-state index contributed by atoms with van der Waals surface area (Å²) in [6.45, 7) is 1.75. The molecule has 0 aliphatic carbocycles. The summed E-state index contributed by atoms with van der Waals surface area (Å²) in [6, 6.07) is 14.3. The maximum absolute atomic E-state index is 13.0. The molecule has 6 heteroatoms. The first kappa shape index (κ1) is 16.0. The molecular weight excluding hydrogens is 335 g/mol. The SMILES string of the molecule is Fc1ccc(NC(=S)N2CCC[C@@H](c3nc4ccccc4[nH]3)C2)cc1. The molecule has 25 heavy (non-hydrogen) atoms. The number of H-pyrrole nitrogens is 1. The molecule has 0 radical (unpaired) electrons. The number of para-hydroxylation sites is 2. The van der Waals surface area contributed by atoms with Crippen LogP contribution in [0.1, 0.15) is 24.6 Å². The van der Waals surface area contributed by atoms with Crippen LogP contribution in [-0.2, 0) is 0 Å². The summed E-state index contributed by atoms with van der Waals surface area (Å²) >= 11 is 5.55. The van der Waals surface area contributed by atoms with Gasteiger partial charge in [-0.05, 0) is 61.5 Å². The number of hydrogen-bond donors (Lipinski definition) is 2. The zero-order valence-corrected chi connectivity index (χ0v) is 14.5. The first-order valence-corrected chi connectivity index (χ1v) is 8.86. The highest BCUT2D eigenvalue weighted by atomic mass is 32.1. The molecule has 1 fully saturated rings. The number of aromatic nitrogens is 2. The molecule has 2 N–H and O–H groups in total. The summed E-state index contributed by atoms with van der Waals surface area (Å²) < 4.78 is 13.0. The summed E-state index contributed by atoms with van der Waals surface area (Å²) in [5.74, 6) is 1.10. The lowest BCUT2D eigenvalue weighted by Gasteiger charge is -2.33. The van der Waals surface area contributed by atoms with Crippen molar-refractivity contribution in [2.24, 2.45) is 0 Å². The Balaban J connectivity index is 1.46. The van der Waals surface area contributed by atoms with Crippen LogP contribution in [0.4, 0.5) is 10.1 Å². The van der Waals surface area contributed by atoms with Crippen molar-refractivity contribution < 1.29 is 4.39 Å². The third kappa shape index (κ3) is 3.49. The Labute approximate surface area is 151 Å². The molecule has 2 aromatic carbocycles. The van der Waals surface area contributed by atoms with Crippen molar-refractivity contribution >= 4 is 34.1 Å². The monoisotopic (exact) mass is 354 g/mol. The van der Waals surface area contributed by atoms with Gasteiger partial charge >= 0.3 is 0 Å². The Kier molecular flexibility index (Phi) is 4.36. The fourth-order valence-corrected chi connectivity index (χ4v) is 3.57. The first-order chi connectivity index (χ1) is 12.2. The van der Waals surface area contributed by atoms with Gasteiger partial charge in [0.2, 0.25) is 0 Å². The number of aromatic amines is 1. The van der Waals surface area contributed by atoms with Crippen molar-refractivity contribution in [3.63, 3.8) is 0 Å². The molecule has 1 aliphatic rings. The molecule has 0 unspecified atom stereocenters. The van der Waals surface area contributed by atoms with Gasteiger partial charge < -0.3 is 15.2 Å². The van der Waals surface area contributed by atoms with Crippen LogP contribution < -0.4 is 5.32 Å². The molecule has 0 saturated carbocycles. The van der Waals surface area contributed by atoms with Gasteiger partial charge in [0.05, 0.1) is 11.0 Å². The summed E-state index contributed by atoms with van der Waals surface area (Å²) in [6.07, 6.45) is 2.16. The van der Waals surface area contributed by atoms with Crippen LogP contribution in [0.15, 0.2) is 48.5 Å². The Bertz CT molecular complexity index is 857. The standard InChI is InChI=1S/C19H19FN4S/c20-14-7-9-15(10-8-14)21-19(25)24-11-3-4-13(12-24)18-22-16-5-1-2-6-17(16)23-18/h1-2,5-10,13H,3-4,11-12H2,(H,21,25)(H,22,23)/t13-/m1/s1. The molecule has 4 nitrogen and oxygen atoms in total. The molecule has 1 aliphatic heterocycles. The van der Waals surface area contributed by atoms with E-state index in [0.717, 1.165) is 48.5 Å². The van der Waals surface area contributed by atoms with Gasteiger partial charge in [-0.25, -0.2) is 9.37 Å². The van der Waals surface area contributed by atoms with Gasteiger partial charge in [-0.1, -0.05) is 12.1 Å². The molecular formula is C19H19FN4S. The summed E-state index contributed by atoms with van der Waals surface area (Å²) in [4.78, 5) is 10.3. The predicted molar refractivity (Wildman–Crippen MR) is 102 cm³/mol. The van der Waals surface area contributed by atoms with Gasteiger partial charge in [0.25, 0.3) is 0 Å². The minimum Gasteiger partial charge on any atom is -0.348 e. The number of nitrogens with one attached hydrogen (secondary N) is 2. The highest BCUT2D eigenvalue weighted by Crippen LogP contribution is 2.27. The van der Waals surface area contributed by atoms with E-state index in [9.17, 15) is 4.39 Å². The molecule has 3 aromatic rings. The quantitative estimate of drug-likeness (QED) is 0.674. The van der Waals surface area contributed by atoms with E-state index in [2.05, 4.69) is 15.2 Å². The van der Waals surface area contributed by atoms with Crippen LogP contribution in [-0.4, -0.2) is 33.1 Å². The summed E-state index contributed by atoms with van der Waals surface area (Å²) in [5.41, 5.74) is 2.88. The van der Waals surface area contributed by atoms with Crippen LogP contribution in [0, 0.1) is 5.82 Å². The molecule has 0 bridgehead atoms. The summed E-state index contributed by atoms with van der Waals surface area (Å²) in [7, 11) is 0. The Morgan fingerprint density at radius 2 is 2.00 bits per heavy atom. The zero-order valence-electron chi connectivity index (χ0n) is 13.7. The largest absolute Gasteiger partial charge is 0.348 e. The van der Waals surface area contributed by atoms with E-state index < -0.39 is 0 Å². The number of likely N-dealkylation sites (tertiary alicyclic amines) is 1. The lowest BCUT2D eigenvalue weighted by atomic mass is 9.98. The van der Waals surface area contributed by atoms with Crippen LogP contribution in [0.2, 0.25) is 0 Å². The van der Waals surface area contributed by atoms with E-state index in [1.165, 1.54) is 12.1 Å². The number of benzene rings is 2. The van der Waals surface area contributed by atoms with Gasteiger partial charge in [-0.15, -0.1) is 0 Å². The van der Waals surface area contributed by atoms with Crippen molar-refractivity contribution in [1.82, 2.24) is 14.9 Å². The van der Waals surface area contributed by atoms with E-state index in [1.54, 1.807) is 12.1 Å². The highest BCUT2D eigenvalue weighted by molar-refractivity contribution is 7.80. The first-order valence-electron chi connectivity index (χ1n) is 8.45. The average Bonchev–Trinajstić information content (AvgIpc) is 3.08. The van der Waals surface area contributed by atoms with E-state index in [0.29, 0.717) is 11.0 Å². The van der Waals surface area contributed by atoms with E-state index in [-0.39, 0.29) is 5.82 Å². The lowest BCUT2D eigenvalue weighted by molar-refractivity contribution is 0.307. The molecule has 2 heterocycles. The topological polar surface area (TPSA) is 44.0 Å². The number of piperidine rings is 1. The van der Waals surface area contributed by atoms with Crippen molar-refractivity contribution in [1.29, 1.82) is 0 Å². The second kappa shape index (κ2) is 6.80. The van der Waals surface area contributed by atoms with E-state index in [1.807, 2.05) is 24.3 Å². The van der Waals surface area contributed by atoms with Crippen molar-refractivity contribution in [3.8, 4) is 0 Å². The minimum atomic E-state index is -0.251. The number of halogens is 1. The van der Waals surface area contributed by atoms with Gasteiger partial charge in [-0.3, -0.25) is 0 Å². The van der Waals surface area contributed by atoms with Crippen LogP contribution in [0.5, 0.6) is 0 Å². The fourth-order valence-electron chi connectivity index (χ4n) is 3.29. The Hall–Kier alpha value is -2.47. The Morgan fingerprint density at radius 3 is 2.80 bits per heavy atom. The van der Waals surface area contributed by atoms with Gasteiger partial charge in [0, 0.05) is 24.7 Å². The molecule has 1 aromatic heterocycles. The maximum atomic E-state index is 13.0. The third-order valence-corrected chi connectivity index (χ3v) is 4.96. The number of nitrogens with zero attached hydrogens (tertiary/aromatic N) is 2. The number of fused-ring (bicyclic) bond motifs is 1.